The number of carbonyl (C=O) groups is 4. The third-order valence-electron chi connectivity index (χ3n) is 7.82. The van der Waals surface area contributed by atoms with Crippen molar-refractivity contribution in [2.45, 2.75) is 31.4 Å². The van der Waals surface area contributed by atoms with Gasteiger partial charge in [-0.3, -0.25) is 19.2 Å². The molecule has 202 valence electrons. The molecule has 0 spiro atoms. The zero-order chi connectivity index (χ0) is 28.2. The van der Waals surface area contributed by atoms with Crippen molar-refractivity contribution in [1.29, 1.82) is 0 Å². The summed E-state index contributed by atoms with van der Waals surface area (Å²) in [6.07, 6.45) is -0.191. The van der Waals surface area contributed by atoms with E-state index in [1.165, 1.54) is 0 Å². The zero-order valence-corrected chi connectivity index (χ0v) is 21.3. The highest BCUT2D eigenvalue weighted by Gasteiger charge is 2.60. The summed E-state index contributed by atoms with van der Waals surface area (Å²) in [7, 11) is 0. The number of aromatic hydroxyl groups is 1. The summed E-state index contributed by atoms with van der Waals surface area (Å²) >= 11 is 5.58. The van der Waals surface area contributed by atoms with Crippen molar-refractivity contribution in [1.82, 2.24) is 5.32 Å². The smallest absolute Gasteiger partial charge is 0.255 e. The summed E-state index contributed by atoms with van der Waals surface area (Å²) in [5.74, 6) is -7.71. The van der Waals surface area contributed by atoms with Crippen LogP contribution < -0.4 is 11.1 Å². The Kier molecular flexibility index (Phi) is 6.48. The van der Waals surface area contributed by atoms with E-state index >= 15 is 0 Å². The van der Waals surface area contributed by atoms with Crippen LogP contribution in [0.1, 0.15) is 29.5 Å². The molecule has 1 saturated carbocycles. The molecule has 3 atom stereocenters. The molecular formula is C28H25ClN2O8. The number of hydrogen-bond acceptors (Lipinski definition) is 8. The fourth-order valence-electron chi connectivity index (χ4n) is 6.00. The van der Waals surface area contributed by atoms with Crippen molar-refractivity contribution < 1.29 is 39.6 Å². The van der Waals surface area contributed by atoms with Gasteiger partial charge in [0.2, 0.25) is 11.7 Å². The van der Waals surface area contributed by atoms with Crippen molar-refractivity contribution in [2.75, 3.05) is 5.88 Å². The number of phenols is 1. The fraction of sp³-hybridized carbons (Fsp3) is 0.286. The molecule has 2 aromatic rings. The van der Waals surface area contributed by atoms with Gasteiger partial charge in [-0.1, -0.05) is 30.3 Å². The molecule has 1 fully saturated rings. The summed E-state index contributed by atoms with van der Waals surface area (Å²) in [6.45, 7) is -0.121. The Morgan fingerprint density at radius 3 is 2.44 bits per heavy atom. The van der Waals surface area contributed by atoms with Crippen LogP contribution >= 0.6 is 11.6 Å². The number of hydrogen-bond donors (Lipinski definition) is 6. The van der Waals surface area contributed by atoms with E-state index in [0.717, 1.165) is 5.56 Å². The summed E-state index contributed by atoms with van der Waals surface area (Å²) in [4.78, 5) is 49.9. The lowest BCUT2D eigenvalue weighted by Gasteiger charge is -2.46. The Balaban J connectivity index is 1.72. The number of primary amides is 1. The second-order valence-electron chi connectivity index (χ2n) is 9.97. The number of alkyl halides is 1. The minimum absolute atomic E-state index is 0.0332. The predicted octanol–water partition coefficient (Wildman–Crippen LogP) is 1.95. The van der Waals surface area contributed by atoms with Gasteiger partial charge >= 0.3 is 0 Å². The van der Waals surface area contributed by atoms with Crippen molar-refractivity contribution in [3.8, 4) is 16.9 Å². The number of benzene rings is 2. The van der Waals surface area contributed by atoms with Crippen LogP contribution in [0.15, 0.2) is 53.3 Å². The third-order valence-corrected chi connectivity index (χ3v) is 8.07. The number of halogens is 1. The van der Waals surface area contributed by atoms with Crippen LogP contribution in [0.4, 0.5) is 0 Å². The normalized spacial score (nSPS) is 24.2. The Labute approximate surface area is 227 Å². The molecule has 7 N–H and O–H groups in total. The molecule has 0 aliphatic heterocycles. The molecule has 3 aliphatic rings. The van der Waals surface area contributed by atoms with Crippen LogP contribution in [0.2, 0.25) is 0 Å². The van der Waals surface area contributed by atoms with Crippen molar-refractivity contribution in [2.24, 2.45) is 17.6 Å². The van der Waals surface area contributed by atoms with Crippen molar-refractivity contribution >= 4 is 40.7 Å². The van der Waals surface area contributed by atoms with Crippen LogP contribution in [0.25, 0.3) is 16.9 Å². The van der Waals surface area contributed by atoms with Gasteiger partial charge in [-0.15, -0.1) is 11.6 Å². The average Bonchev–Trinajstić information content (AvgIpc) is 2.90. The first-order valence-corrected chi connectivity index (χ1v) is 12.8. The first kappa shape index (κ1) is 26.5. The van der Waals surface area contributed by atoms with Gasteiger partial charge in [0, 0.05) is 30.0 Å². The molecule has 0 bridgehead atoms. The maximum absolute atomic E-state index is 13.7. The highest BCUT2D eigenvalue weighted by Crippen LogP contribution is 2.53. The van der Waals surface area contributed by atoms with E-state index in [1.807, 2.05) is 30.3 Å². The van der Waals surface area contributed by atoms with Crippen molar-refractivity contribution in [3.05, 3.63) is 70.0 Å². The Bertz CT molecular complexity index is 1510. The standard InChI is InChI=1S/C28H25ClN2O8/c29-10-19(33)31-11-14-8-16(12-4-2-1-3-5-12)17-7-13-6-15-9-18(32)22(27(30)38)26(37)28(15,39)25(36)20(13)24(35)21(17)23(14)34/h1-5,8,13,15,34-35,37,39H,6-7,9-11H2,(H2,30,38)(H,31,33). The molecule has 3 unspecified atom stereocenters. The van der Waals surface area contributed by atoms with Gasteiger partial charge < -0.3 is 31.5 Å². The van der Waals surface area contributed by atoms with Gasteiger partial charge in [0.1, 0.15) is 28.7 Å². The largest absolute Gasteiger partial charge is 0.508 e. The van der Waals surface area contributed by atoms with Crippen LogP contribution in [0.3, 0.4) is 0 Å². The molecule has 5 rings (SSSR count). The molecule has 0 saturated heterocycles. The second kappa shape index (κ2) is 9.55. The van der Waals surface area contributed by atoms with Gasteiger partial charge in [-0.05, 0) is 41.5 Å². The topological polar surface area (TPSA) is 187 Å². The summed E-state index contributed by atoms with van der Waals surface area (Å²) in [6, 6.07) is 10.8. The molecule has 3 aliphatic carbocycles. The van der Waals surface area contributed by atoms with Crippen LogP contribution in [0.5, 0.6) is 5.75 Å². The number of ketones is 2. The maximum atomic E-state index is 13.7. The van der Waals surface area contributed by atoms with Gasteiger partial charge in [-0.2, -0.15) is 0 Å². The van der Waals surface area contributed by atoms with Crippen LogP contribution in [-0.4, -0.2) is 55.3 Å². The quantitative estimate of drug-likeness (QED) is 0.240. The molecule has 0 radical (unpaired) electrons. The fourth-order valence-corrected chi connectivity index (χ4v) is 6.09. The summed E-state index contributed by atoms with van der Waals surface area (Å²) in [5, 5.41) is 47.4. The number of nitrogens with one attached hydrogen (secondary N) is 1. The van der Waals surface area contributed by atoms with E-state index in [1.54, 1.807) is 6.07 Å². The molecule has 2 amide bonds. The zero-order valence-electron chi connectivity index (χ0n) is 20.5. The molecule has 10 nitrogen and oxygen atoms in total. The third kappa shape index (κ3) is 3.98. The Morgan fingerprint density at radius 1 is 1.10 bits per heavy atom. The molecule has 39 heavy (non-hydrogen) atoms. The van der Waals surface area contributed by atoms with Gasteiger partial charge in [0.25, 0.3) is 5.91 Å². The van der Waals surface area contributed by atoms with Crippen LogP contribution in [-0.2, 0) is 32.1 Å². The lowest BCUT2D eigenvalue weighted by Crippen LogP contribution is -2.58. The number of phenolic OH excluding ortho intramolecular Hbond substituents is 1. The Morgan fingerprint density at radius 2 is 1.79 bits per heavy atom. The van der Waals surface area contributed by atoms with E-state index in [4.69, 9.17) is 17.3 Å². The number of rotatable bonds is 5. The molecular weight excluding hydrogens is 528 g/mol. The molecule has 0 aromatic heterocycles. The lowest BCUT2D eigenvalue weighted by molar-refractivity contribution is -0.147. The van der Waals surface area contributed by atoms with Gasteiger partial charge in [-0.25, -0.2) is 0 Å². The summed E-state index contributed by atoms with van der Waals surface area (Å²) in [5.41, 5.74) is 3.66. The minimum Gasteiger partial charge on any atom is -0.508 e. The molecule has 2 aromatic carbocycles. The number of carbonyl (C=O) groups excluding carboxylic acids is 4. The first-order valence-electron chi connectivity index (χ1n) is 12.2. The number of aliphatic hydroxyl groups is 3. The highest BCUT2D eigenvalue weighted by atomic mass is 35.5. The average molecular weight is 553 g/mol. The SMILES string of the molecule is NC(=O)C1=C(O)C2(O)C(=O)C3=C(O)c4c(O)c(CNC(=O)CCl)cc(-c5ccccc5)c4CC3CC2CC1=O. The predicted molar refractivity (Wildman–Crippen MR) is 139 cm³/mol. The second-order valence-corrected chi connectivity index (χ2v) is 10.2. The number of aliphatic hydroxyl groups excluding tert-OH is 2. The molecule has 0 heterocycles. The number of fused-ring (bicyclic) bond motifs is 3. The molecule has 11 heteroatoms. The summed E-state index contributed by atoms with van der Waals surface area (Å²) < 4.78 is 0. The van der Waals surface area contributed by atoms with Crippen molar-refractivity contribution in [3.63, 3.8) is 0 Å². The number of nitrogens with two attached hydrogens (primary N) is 1. The van der Waals surface area contributed by atoms with E-state index in [2.05, 4.69) is 5.32 Å². The highest BCUT2D eigenvalue weighted by molar-refractivity contribution is 6.27. The minimum atomic E-state index is -2.64. The van der Waals surface area contributed by atoms with E-state index in [-0.39, 0.29) is 47.7 Å². The number of amides is 2. The van der Waals surface area contributed by atoms with E-state index in [9.17, 15) is 39.6 Å². The number of Topliss-reactive ketones (excluding diaryl/α,β-unsaturated/α-hetero) is 2. The van der Waals surface area contributed by atoms with Gasteiger partial charge in [0.05, 0.1) is 5.56 Å². The van der Waals surface area contributed by atoms with Crippen LogP contribution in [0, 0.1) is 11.8 Å². The lowest BCUT2D eigenvalue weighted by atomic mass is 9.59. The van der Waals surface area contributed by atoms with E-state index < -0.39 is 64.3 Å². The monoisotopic (exact) mass is 552 g/mol. The van der Waals surface area contributed by atoms with E-state index in [0.29, 0.717) is 11.1 Å². The first-order chi connectivity index (χ1) is 18.5. The Hall–Kier alpha value is -4.15. The maximum Gasteiger partial charge on any atom is 0.255 e. The van der Waals surface area contributed by atoms with Gasteiger partial charge in [0.15, 0.2) is 11.4 Å².